The van der Waals surface area contributed by atoms with Gasteiger partial charge in [0.1, 0.15) is 90.5 Å². The molecule has 27 nitrogen and oxygen atoms in total. The van der Waals surface area contributed by atoms with Gasteiger partial charge in [-0.25, -0.2) is 0 Å². The molecule has 15 N–H and O–H groups in total. The number of nitrogens with zero attached hydrogens (tertiary/aromatic N) is 4. The molecule has 3 aliphatic heterocycles. The Kier molecular flexibility index (Phi) is 16.3. The molecule has 0 bridgehead atoms. The number of aliphatic hydroxyl groups excluding tert-OH is 12. The Morgan fingerprint density at radius 1 is 0.449 bits per heavy atom. The maximum absolute atomic E-state index is 13.8. The molecule has 0 unspecified atom stereocenters. The molecule has 4 aromatic rings. The predicted octanol–water partition coefficient (Wildman–Crippen LogP) is -5.20. The highest BCUT2D eigenvalue weighted by molar-refractivity contribution is 5.52. The fraction of sp³-hybridized carbons (Fsp3) is 0.429. The maximum atomic E-state index is 13.8. The Labute approximate surface area is 387 Å². The van der Waals surface area contributed by atoms with Crippen molar-refractivity contribution in [1.82, 2.24) is 0 Å². The number of hydrogen-bond acceptors (Lipinski definition) is 27. The van der Waals surface area contributed by atoms with Crippen LogP contribution in [-0.2, 0) is 14.2 Å². The number of aliphatic hydroxyl groups is 12. The molecule has 27 heteroatoms. The van der Waals surface area contributed by atoms with Gasteiger partial charge in [-0.3, -0.25) is 20.4 Å². The van der Waals surface area contributed by atoms with E-state index in [-0.39, 0.29) is 34.3 Å². The summed E-state index contributed by atoms with van der Waals surface area (Å²) in [6.07, 6.45) is -23.1. The molecule has 3 saturated heterocycles. The van der Waals surface area contributed by atoms with Gasteiger partial charge in [0.15, 0.2) is 22.2 Å². The number of nitrogens with one attached hydrogen (secondary N) is 2. The maximum Gasteiger partial charge on any atom is 0.241 e. The van der Waals surface area contributed by atoms with Gasteiger partial charge in [0, 0.05) is 0 Å². The Balaban J connectivity index is 1.14. The number of hydrogen-bond donors (Lipinski definition) is 15. The lowest BCUT2D eigenvalue weighted by Crippen LogP contribution is -2.60. The summed E-state index contributed by atoms with van der Waals surface area (Å²) in [7, 11) is 0. The van der Waals surface area contributed by atoms with Crippen molar-refractivity contribution in [2.75, 3.05) is 30.7 Å². The number of anilines is 2. The highest BCUT2D eigenvalue weighted by Crippen LogP contribution is 2.29. The highest BCUT2D eigenvalue weighted by Gasteiger charge is 2.47. The van der Waals surface area contributed by atoms with E-state index in [0.29, 0.717) is 0 Å². The number of benzene rings is 4. The SMILES string of the molecule is O=c1c(N=Nc2ccc(O[C@@H]3O[C@H](CO)[C@@H](O)[C@H](O)[C@H]3O)cc2)c(O)c(=NNc2ccc(O[C@@H]3O[C@H](CO)[C@@H](O)[C@H](O)[C@H]3O)cc2)c(=O)c1=NNc1ccc(O[C@@H]2O[C@H](CO)[C@@H](O)[C@H](O)[C@H]2O)cc1. The van der Waals surface area contributed by atoms with Crippen molar-refractivity contribution in [2.24, 2.45) is 20.4 Å². The van der Waals surface area contributed by atoms with Crippen LogP contribution < -0.4 is 46.6 Å². The van der Waals surface area contributed by atoms with Gasteiger partial charge < -0.3 is 94.8 Å². The van der Waals surface area contributed by atoms with E-state index in [0.717, 1.165) is 0 Å². The lowest BCUT2D eigenvalue weighted by Gasteiger charge is -2.39. The molecule has 15 atom stereocenters. The average Bonchev–Trinajstić information content (AvgIpc) is 3.35. The Morgan fingerprint density at radius 3 is 1.16 bits per heavy atom. The molecule has 0 saturated carbocycles. The number of phenolic OH excluding ortho intramolecular Hbond substituents is 1. The second kappa shape index (κ2) is 22.1. The van der Waals surface area contributed by atoms with E-state index in [4.69, 9.17) is 28.4 Å². The van der Waals surface area contributed by atoms with Crippen LogP contribution in [-0.4, -0.2) is 178 Å². The number of ether oxygens (including phenoxy) is 6. The van der Waals surface area contributed by atoms with Crippen LogP contribution >= 0.6 is 0 Å². The number of rotatable bonds is 15. The van der Waals surface area contributed by atoms with E-state index >= 15 is 0 Å². The second-order valence-corrected chi connectivity index (χ2v) is 15.7. The molecule has 0 aliphatic carbocycles. The fourth-order valence-electron chi connectivity index (χ4n) is 7.01. The van der Waals surface area contributed by atoms with Crippen molar-refractivity contribution in [3.8, 4) is 23.0 Å². The summed E-state index contributed by atoms with van der Waals surface area (Å²) < 4.78 is 32.8. The summed E-state index contributed by atoms with van der Waals surface area (Å²) in [6, 6.07) is 16.3. The van der Waals surface area contributed by atoms with E-state index in [1.165, 1.54) is 72.8 Å². The molecule has 7 rings (SSSR count). The fourth-order valence-corrected chi connectivity index (χ4v) is 7.01. The quantitative estimate of drug-likeness (QED) is 0.0391. The van der Waals surface area contributed by atoms with Gasteiger partial charge in [0.25, 0.3) is 0 Å². The molecule has 4 aromatic carbocycles. The van der Waals surface area contributed by atoms with Crippen LogP contribution in [0, 0.1) is 0 Å². The van der Waals surface area contributed by atoms with Crippen molar-refractivity contribution < 1.29 is 94.8 Å². The van der Waals surface area contributed by atoms with E-state index in [1.807, 2.05) is 0 Å². The first-order chi connectivity index (χ1) is 33.0. The molecule has 3 aliphatic rings. The average molecular weight is 973 g/mol. The third kappa shape index (κ3) is 11.2. The molecule has 0 amide bonds. The minimum Gasteiger partial charge on any atom is -0.504 e. The number of azo groups is 1. The zero-order valence-corrected chi connectivity index (χ0v) is 35.6. The zero-order valence-electron chi connectivity index (χ0n) is 35.6. The smallest absolute Gasteiger partial charge is 0.241 e. The van der Waals surface area contributed by atoms with Crippen LogP contribution in [0.15, 0.2) is 103 Å². The first-order valence-electron chi connectivity index (χ1n) is 20.9. The van der Waals surface area contributed by atoms with Crippen molar-refractivity contribution >= 4 is 22.7 Å². The van der Waals surface area contributed by atoms with Gasteiger partial charge in [0.2, 0.25) is 29.7 Å². The van der Waals surface area contributed by atoms with Gasteiger partial charge in [0.05, 0.1) is 36.9 Å². The van der Waals surface area contributed by atoms with Crippen molar-refractivity contribution in [1.29, 1.82) is 0 Å². The van der Waals surface area contributed by atoms with Crippen LogP contribution in [0.25, 0.3) is 0 Å². The molecule has 3 heterocycles. The van der Waals surface area contributed by atoms with Crippen LogP contribution in [0.2, 0.25) is 0 Å². The zero-order chi connectivity index (χ0) is 49.7. The second-order valence-electron chi connectivity index (χ2n) is 15.7. The van der Waals surface area contributed by atoms with Crippen LogP contribution in [0.5, 0.6) is 23.0 Å². The third-order valence-corrected chi connectivity index (χ3v) is 11.0. The van der Waals surface area contributed by atoms with Crippen molar-refractivity contribution in [3.05, 3.63) is 104 Å². The molecular weight excluding hydrogens is 924 g/mol. The standard InChI is InChI=1S/C42H48N6O21/c49-13-22-28(52)34(58)37(61)40(67-22)64-19-7-1-16(2-8-19)43-46-25-31(55)26(47-44-17-3-9-20(10-4-17)65-41-38(62)35(59)29(53)23(14-50)68-41)33(57)27(32(25)56)48-45-18-5-11-21(12-6-18)66-42-39(63)36(60)30(54)24(15-51)69-42/h1-12,22-24,28-30,34-44,49-54,56,58-63H,13-15H2/t22-,23-,24-,28-,29-,30-,34+,35+,36+,37-,38-,39-,40-,41-,42-/m1/s1. The van der Waals surface area contributed by atoms with Crippen LogP contribution in [0.1, 0.15) is 0 Å². The minimum absolute atomic E-state index is 0.0615. The van der Waals surface area contributed by atoms with Gasteiger partial charge in [-0.2, -0.15) is 15.3 Å². The third-order valence-electron chi connectivity index (χ3n) is 11.0. The minimum atomic E-state index is -1.69. The first-order valence-corrected chi connectivity index (χ1v) is 20.9. The van der Waals surface area contributed by atoms with Gasteiger partial charge in [-0.15, -0.1) is 5.11 Å². The summed E-state index contributed by atoms with van der Waals surface area (Å²) in [5.41, 5.74) is 2.33. The van der Waals surface area contributed by atoms with Crippen molar-refractivity contribution in [2.45, 2.75) is 92.1 Å². The molecule has 372 valence electrons. The predicted molar refractivity (Wildman–Crippen MR) is 228 cm³/mol. The van der Waals surface area contributed by atoms with E-state index in [1.54, 1.807) is 0 Å². The number of phenols is 1. The van der Waals surface area contributed by atoms with Gasteiger partial charge in [-0.1, -0.05) is 0 Å². The Bertz CT molecular complexity index is 2620. The monoisotopic (exact) mass is 972 g/mol. The molecule has 0 aromatic heterocycles. The topological polar surface area (TPSA) is 426 Å². The lowest BCUT2D eigenvalue weighted by molar-refractivity contribution is -0.277. The summed E-state index contributed by atoms with van der Waals surface area (Å²) in [6.45, 7) is -2.03. The van der Waals surface area contributed by atoms with Gasteiger partial charge >= 0.3 is 0 Å². The van der Waals surface area contributed by atoms with Crippen molar-refractivity contribution in [3.63, 3.8) is 0 Å². The Morgan fingerprint density at radius 2 is 0.797 bits per heavy atom. The summed E-state index contributed by atoms with van der Waals surface area (Å²) in [5.74, 6) is -0.771. The normalized spacial score (nSPS) is 32.2. The van der Waals surface area contributed by atoms with E-state index in [9.17, 15) is 76.0 Å². The van der Waals surface area contributed by atoms with Crippen LogP contribution in [0.4, 0.5) is 22.7 Å². The molecule has 3 fully saturated rings. The molecule has 69 heavy (non-hydrogen) atoms. The first kappa shape index (κ1) is 50.7. The molecule has 0 spiro atoms. The summed E-state index contributed by atoms with van der Waals surface area (Å²) >= 11 is 0. The lowest BCUT2D eigenvalue weighted by atomic mass is 9.99. The summed E-state index contributed by atoms with van der Waals surface area (Å²) in [5, 5.41) is 145. The molecular formula is C42H48N6O21. The number of aromatic hydroxyl groups is 1. The Hall–Kier alpha value is -6.12. The molecule has 0 radical (unpaired) electrons. The largest absolute Gasteiger partial charge is 0.504 e. The van der Waals surface area contributed by atoms with E-state index in [2.05, 4.69) is 31.3 Å². The van der Waals surface area contributed by atoms with Crippen LogP contribution in [0.3, 0.4) is 0 Å². The van der Waals surface area contributed by atoms with E-state index < -0.39 is 145 Å². The van der Waals surface area contributed by atoms with Gasteiger partial charge in [-0.05, 0) is 72.8 Å². The summed E-state index contributed by atoms with van der Waals surface area (Å²) in [4.78, 5) is 27.6. The highest BCUT2D eigenvalue weighted by atomic mass is 16.7.